The average molecular weight is 449 g/mol. The molecule has 0 atom stereocenters. The number of rotatable bonds is 6. The van der Waals surface area contributed by atoms with Crippen molar-refractivity contribution >= 4 is 21.6 Å². The fourth-order valence-electron chi connectivity index (χ4n) is 4.08. The number of H-pyrrole nitrogens is 1. The molecule has 1 aliphatic rings. The van der Waals surface area contributed by atoms with E-state index < -0.39 is 0 Å². The minimum Gasteiger partial charge on any atom is -0.488 e. The SMILES string of the molecule is CC(C)COc1c[nH]c(Cn2c(-c3ccncc3)nc3sc4c(c3c2=O)CCC4)cc1=O. The molecule has 0 saturated heterocycles. The highest BCUT2D eigenvalue weighted by Crippen LogP contribution is 2.35. The lowest BCUT2D eigenvalue weighted by Gasteiger charge is -2.14. The highest BCUT2D eigenvalue weighted by Gasteiger charge is 2.24. The minimum atomic E-state index is -0.205. The van der Waals surface area contributed by atoms with Crippen LogP contribution in [0.3, 0.4) is 0 Å². The summed E-state index contributed by atoms with van der Waals surface area (Å²) in [6.45, 7) is 4.74. The maximum atomic E-state index is 13.7. The normalized spacial score (nSPS) is 13.1. The van der Waals surface area contributed by atoms with Gasteiger partial charge in [-0.05, 0) is 42.9 Å². The molecule has 0 spiro atoms. The van der Waals surface area contributed by atoms with Gasteiger partial charge in [0.2, 0.25) is 5.43 Å². The van der Waals surface area contributed by atoms with E-state index in [1.54, 1.807) is 34.5 Å². The molecule has 32 heavy (non-hydrogen) atoms. The molecule has 7 nitrogen and oxygen atoms in total. The predicted octanol–water partition coefficient (Wildman–Crippen LogP) is 3.78. The van der Waals surface area contributed by atoms with Gasteiger partial charge in [0.25, 0.3) is 5.56 Å². The number of hydrogen-bond acceptors (Lipinski definition) is 6. The summed E-state index contributed by atoms with van der Waals surface area (Å²) in [6.07, 6.45) is 7.95. The van der Waals surface area contributed by atoms with Crippen LogP contribution in [-0.2, 0) is 19.4 Å². The molecule has 164 valence electrons. The van der Waals surface area contributed by atoms with Gasteiger partial charge in [-0.25, -0.2) is 4.98 Å². The van der Waals surface area contributed by atoms with Crippen LogP contribution in [0.4, 0.5) is 0 Å². The fraction of sp³-hybridized carbons (Fsp3) is 0.333. The summed E-state index contributed by atoms with van der Waals surface area (Å²) in [7, 11) is 0. The molecule has 5 rings (SSSR count). The summed E-state index contributed by atoms with van der Waals surface area (Å²) in [6, 6.07) is 5.19. The summed E-state index contributed by atoms with van der Waals surface area (Å²) in [5, 5.41) is 0.722. The van der Waals surface area contributed by atoms with Gasteiger partial charge in [-0.2, -0.15) is 0 Å². The summed E-state index contributed by atoms with van der Waals surface area (Å²) >= 11 is 1.62. The maximum Gasteiger partial charge on any atom is 0.263 e. The predicted molar refractivity (Wildman–Crippen MR) is 126 cm³/mol. The quantitative estimate of drug-likeness (QED) is 0.485. The topological polar surface area (TPSA) is 89.9 Å². The van der Waals surface area contributed by atoms with E-state index in [9.17, 15) is 9.59 Å². The first kappa shape index (κ1) is 20.6. The molecule has 0 saturated carbocycles. The molecule has 0 amide bonds. The zero-order chi connectivity index (χ0) is 22.2. The van der Waals surface area contributed by atoms with Crippen LogP contribution >= 0.6 is 11.3 Å². The van der Waals surface area contributed by atoms with E-state index in [4.69, 9.17) is 9.72 Å². The standard InChI is InChI=1S/C24H24N4O3S/c1-14(2)13-31-19-11-26-16(10-18(19)29)12-28-22(15-6-8-25-9-7-15)27-23-21(24(28)30)17-4-3-5-20(17)32-23/h6-11,14H,3-5,12-13H2,1-2H3,(H,26,29). The lowest BCUT2D eigenvalue weighted by molar-refractivity contribution is 0.267. The van der Waals surface area contributed by atoms with E-state index in [1.165, 1.54) is 10.9 Å². The zero-order valence-corrected chi connectivity index (χ0v) is 18.9. The van der Waals surface area contributed by atoms with Gasteiger partial charge >= 0.3 is 0 Å². The van der Waals surface area contributed by atoms with E-state index in [1.807, 2.05) is 26.0 Å². The largest absolute Gasteiger partial charge is 0.488 e. The summed E-state index contributed by atoms with van der Waals surface area (Å²) in [5.41, 5.74) is 2.30. The molecule has 0 aromatic carbocycles. The smallest absolute Gasteiger partial charge is 0.263 e. The Labute approximate surface area is 188 Å². The first-order valence-electron chi connectivity index (χ1n) is 10.8. The molecule has 1 aliphatic carbocycles. The van der Waals surface area contributed by atoms with Crippen LogP contribution in [0.1, 0.15) is 36.4 Å². The first-order chi connectivity index (χ1) is 15.5. The van der Waals surface area contributed by atoms with Crippen molar-refractivity contribution in [1.29, 1.82) is 0 Å². The number of nitrogens with one attached hydrogen (secondary N) is 1. The monoisotopic (exact) mass is 448 g/mol. The number of aromatic amines is 1. The third kappa shape index (κ3) is 3.75. The fourth-order valence-corrected chi connectivity index (χ4v) is 5.33. The molecule has 1 N–H and O–H groups in total. The summed E-state index contributed by atoms with van der Waals surface area (Å²) in [4.78, 5) is 40.4. The molecule has 0 bridgehead atoms. The third-order valence-electron chi connectivity index (χ3n) is 5.60. The molecule has 0 unspecified atom stereocenters. The average Bonchev–Trinajstić information content (AvgIpc) is 3.36. The molecule has 4 aromatic heterocycles. The van der Waals surface area contributed by atoms with Crippen molar-refractivity contribution in [3.63, 3.8) is 0 Å². The number of pyridine rings is 2. The van der Waals surface area contributed by atoms with E-state index in [2.05, 4.69) is 9.97 Å². The second-order valence-electron chi connectivity index (χ2n) is 8.49. The highest BCUT2D eigenvalue weighted by atomic mass is 32.1. The van der Waals surface area contributed by atoms with Gasteiger partial charge in [-0.1, -0.05) is 13.8 Å². The molecule has 0 radical (unpaired) electrons. The maximum absolute atomic E-state index is 13.7. The number of thiophene rings is 1. The third-order valence-corrected chi connectivity index (χ3v) is 6.79. The Hall–Kier alpha value is -3.26. The summed E-state index contributed by atoms with van der Waals surface area (Å²) in [5.74, 6) is 1.18. The number of aromatic nitrogens is 4. The second kappa shape index (κ2) is 8.35. The van der Waals surface area contributed by atoms with Crippen molar-refractivity contribution in [3.05, 3.63) is 73.5 Å². The van der Waals surface area contributed by atoms with Crippen LogP contribution in [0.2, 0.25) is 0 Å². The van der Waals surface area contributed by atoms with E-state index in [-0.39, 0.29) is 23.3 Å². The Morgan fingerprint density at radius 2 is 2.03 bits per heavy atom. The Morgan fingerprint density at radius 3 is 2.78 bits per heavy atom. The van der Waals surface area contributed by atoms with Crippen LogP contribution in [0.15, 0.2) is 46.4 Å². The van der Waals surface area contributed by atoms with Crippen LogP contribution in [0, 0.1) is 5.92 Å². The number of nitrogens with zero attached hydrogens (tertiary/aromatic N) is 3. The van der Waals surface area contributed by atoms with E-state index in [0.29, 0.717) is 24.0 Å². The molecule has 0 aliphatic heterocycles. The van der Waals surface area contributed by atoms with Crippen molar-refractivity contribution < 1.29 is 4.74 Å². The Morgan fingerprint density at radius 1 is 1.22 bits per heavy atom. The van der Waals surface area contributed by atoms with Gasteiger partial charge in [0.1, 0.15) is 10.7 Å². The lowest BCUT2D eigenvalue weighted by Crippen LogP contribution is -2.25. The highest BCUT2D eigenvalue weighted by molar-refractivity contribution is 7.18. The Bertz CT molecular complexity index is 1400. The Balaban J connectivity index is 1.61. The van der Waals surface area contributed by atoms with Gasteiger partial charge in [0.15, 0.2) is 5.75 Å². The van der Waals surface area contributed by atoms with Gasteiger partial charge in [0.05, 0.1) is 18.5 Å². The molecular weight excluding hydrogens is 424 g/mol. The molecule has 0 fully saturated rings. The van der Waals surface area contributed by atoms with Crippen LogP contribution in [0.25, 0.3) is 21.6 Å². The first-order valence-corrected chi connectivity index (χ1v) is 11.6. The minimum absolute atomic E-state index is 0.0674. The van der Waals surface area contributed by atoms with Crippen molar-refractivity contribution in [3.8, 4) is 17.1 Å². The number of fused-ring (bicyclic) bond motifs is 3. The van der Waals surface area contributed by atoms with Crippen molar-refractivity contribution in [2.75, 3.05) is 6.61 Å². The van der Waals surface area contributed by atoms with Crippen molar-refractivity contribution in [2.45, 2.75) is 39.7 Å². The number of hydrogen-bond donors (Lipinski definition) is 1. The zero-order valence-electron chi connectivity index (χ0n) is 18.1. The van der Waals surface area contributed by atoms with E-state index >= 15 is 0 Å². The second-order valence-corrected chi connectivity index (χ2v) is 9.58. The van der Waals surface area contributed by atoms with E-state index in [0.717, 1.165) is 40.6 Å². The van der Waals surface area contributed by atoms with Crippen LogP contribution in [-0.4, -0.2) is 26.1 Å². The Kier molecular flexibility index (Phi) is 5.38. The van der Waals surface area contributed by atoms with Gasteiger partial charge in [-0.3, -0.25) is 19.1 Å². The number of ether oxygens (including phenoxy) is 1. The molecule has 8 heteroatoms. The van der Waals surface area contributed by atoms with Crippen molar-refractivity contribution in [2.24, 2.45) is 5.92 Å². The number of aryl methyl sites for hydroxylation is 2. The molecular formula is C24H24N4O3S. The van der Waals surface area contributed by atoms with Crippen LogP contribution < -0.4 is 15.7 Å². The van der Waals surface area contributed by atoms with Crippen molar-refractivity contribution in [1.82, 2.24) is 19.5 Å². The summed E-state index contributed by atoms with van der Waals surface area (Å²) < 4.78 is 7.24. The molecule has 4 heterocycles. The van der Waals surface area contributed by atoms with Gasteiger partial charge in [0, 0.05) is 40.8 Å². The molecule has 4 aromatic rings. The van der Waals surface area contributed by atoms with Gasteiger partial charge in [-0.15, -0.1) is 11.3 Å². The lowest BCUT2D eigenvalue weighted by atomic mass is 10.2. The van der Waals surface area contributed by atoms with Crippen LogP contribution in [0.5, 0.6) is 5.75 Å². The van der Waals surface area contributed by atoms with Gasteiger partial charge < -0.3 is 9.72 Å².